The van der Waals surface area contributed by atoms with Gasteiger partial charge in [0.2, 0.25) is 0 Å². The second kappa shape index (κ2) is 6.36. The van der Waals surface area contributed by atoms with Crippen molar-refractivity contribution in [3.63, 3.8) is 0 Å². The van der Waals surface area contributed by atoms with Crippen molar-refractivity contribution in [2.45, 2.75) is 12.5 Å². The van der Waals surface area contributed by atoms with E-state index in [1.165, 1.54) is 30.9 Å². The predicted octanol–water partition coefficient (Wildman–Crippen LogP) is 5.46. The first-order valence-electron chi connectivity index (χ1n) is 7.44. The molecule has 0 amide bonds. The van der Waals surface area contributed by atoms with Crippen LogP contribution in [0.3, 0.4) is 0 Å². The third kappa shape index (κ3) is 2.96. The van der Waals surface area contributed by atoms with E-state index in [0.29, 0.717) is 0 Å². The Morgan fingerprint density at radius 2 is 1.96 bits per heavy atom. The number of hydrogen-bond acceptors (Lipinski definition) is 3. The Kier molecular flexibility index (Phi) is 4.24. The number of nitrogens with zero attached hydrogens (tertiary/aromatic N) is 1. The number of halogens is 2. The van der Waals surface area contributed by atoms with Gasteiger partial charge in [-0.2, -0.15) is 0 Å². The molecule has 5 heteroatoms. The summed E-state index contributed by atoms with van der Waals surface area (Å²) in [7, 11) is 0. The minimum Gasteiger partial charge on any atom is -0.306 e. The summed E-state index contributed by atoms with van der Waals surface area (Å²) in [6.07, 6.45) is 4.68. The number of aromatic nitrogens is 1. The third-order valence-corrected chi connectivity index (χ3v) is 6.31. The van der Waals surface area contributed by atoms with Crippen molar-refractivity contribution in [1.82, 2.24) is 10.3 Å². The van der Waals surface area contributed by atoms with Crippen molar-refractivity contribution in [3.05, 3.63) is 74.3 Å². The lowest BCUT2D eigenvalue weighted by molar-refractivity contribution is 0.568. The van der Waals surface area contributed by atoms with Crippen LogP contribution in [0.25, 0.3) is 10.4 Å². The lowest BCUT2D eigenvalue weighted by atomic mass is 9.91. The maximum absolute atomic E-state index is 6.15. The average Bonchev–Trinajstić information content (AvgIpc) is 2.96. The third-order valence-electron chi connectivity index (χ3n) is 4.15. The van der Waals surface area contributed by atoms with Gasteiger partial charge in [0, 0.05) is 28.8 Å². The van der Waals surface area contributed by atoms with Gasteiger partial charge in [-0.1, -0.05) is 17.7 Å². The highest BCUT2D eigenvalue weighted by atomic mass is 79.9. The van der Waals surface area contributed by atoms with Gasteiger partial charge in [0.15, 0.2) is 0 Å². The van der Waals surface area contributed by atoms with Gasteiger partial charge in [0.25, 0.3) is 0 Å². The molecule has 2 aromatic heterocycles. The van der Waals surface area contributed by atoms with Gasteiger partial charge in [-0.3, -0.25) is 4.98 Å². The Balaban J connectivity index is 1.77. The maximum atomic E-state index is 6.15. The molecule has 1 aromatic carbocycles. The number of nitrogens with one attached hydrogen (secondary N) is 1. The van der Waals surface area contributed by atoms with E-state index < -0.39 is 0 Å². The Bertz CT molecular complexity index is 847. The van der Waals surface area contributed by atoms with Crippen molar-refractivity contribution in [3.8, 4) is 10.4 Å². The molecule has 1 unspecified atom stereocenters. The molecule has 1 aliphatic heterocycles. The van der Waals surface area contributed by atoms with Crippen LogP contribution in [0, 0.1) is 0 Å². The number of thiophene rings is 1. The first-order chi connectivity index (χ1) is 11.2. The summed E-state index contributed by atoms with van der Waals surface area (Å²) in [5, 5.41) is 4.45. The van der Waals surface area contributed by atoms with E-state index in [1.807, 2.05) is 30.6 Å². The minimum atomic E-state index is 0.206. The number of fused-ring (bicyclic) bond motifs is 1. The molecule has 3 aromatic rings. The molecule has 0 aliphatic carbocycles. The quantitative estimate of drug-likeness (QED) is 0.612. The van der Waals surface area contributed by atoms with Crippen molar-refractivity contribution in [2.24, 2.45) is 0 Å². The molecule has 4 rings (SSSR count). The monoisotopic (exact) mass is 404 g/mol. The van der Waals surface area contributed by atoms with E-state index in [2.05, 4.69) is 44.4 Å². The van der Waals surface area contributed by atoms with Gasteiger partial charge in [0.05, 0.1) is 9.83 Å². The SMILES string of the molecule is Clc1ccc2c(c1)CCNC2c1cc(-c2ccncc2)sc1Br. The smallest absolute Gasteiger partial charge is 0.0756 e. The Morgan fingerprint density at radius 1 is 1.13 bits per heavy atom. The molecular formula is C18H14BrClN2S. The van der Waals surface area contributed by atoms with E-state index in [9.17, 15) is 0 Å². The second-order valence-corrected chi connectivity index (χ2v) is 8.36. The van der Waals surface area contributed by atoms with Crippen LogP contribution in [-0.4, -0.2) is 11.5 Å². The normalized spacial score (nSPS) is 17.0. The van der Waals surface area contributed by atoms with Crippen LogP contribution < -0.4 is 5.32 Å². The summed E-state index contributed by atoms with van der Waals surface area (Å²) in [5.41, 5.74) is 5.14. The molecule has 0 saturated carbocycles. The zero-order chi connectivity index (χ0) is 15.8. The summed E-state index contributed by atoms with van der Waals surface area (Å²) >= 11 is 11.7. The molecular weight excluding hydrogens is 392 g/mol. The van der Waals surface area contributed by atoms with Crippen molar-refractivity contribution < 1.29 is 0 Å². The molecule has 0 bridgehead atoms. The minimum absolute atomic E-state index is 0.206. The summed E-state index contributed by atoms with van der Waals surface area (Å²) in [5.74, 6) is 0. The van der Waals surface area contributed by atoms with E-state index in [-0.39, 0.29) is 6.04 Å². The Labute approximate surface area is 152 Å². The predicted molar refractivity (Wildman–Crippen MR) is 100 cm³/mol. The Hall–Kier alpha value is -1.20. The van der Waals surface area contributed by atoms with Gasteiger partial charge >= 0.3 is 0 Å². The van der Waals surface area contributed by atoms with Crippen LogP contribution >= 0.6 is 38.9 Å². The fourth-order valence-corrected chi connectivity index (χ4v) is 5.04. The van der Waals surface area contributed by atoms with Crippen LogP contribution in [0.15, 0.2) is 52.6 Å². The molecule has 0 saturated heterocycles. The summed E-state index contributed by atoms with van der Waals surface area (Å²) < 4.78 is 1.17. The van der Waals surface area contributed by atoms with Crippen molar-refractivity contribution in [2.75, 3.05) is 6.54 Å². The van der Waals surface area contributed by atoms with Crippen molar-refractivity contribution >= 4 is 38.9 Å². The maximum Gasteiger partial charge on any atom is 0.0756 e. The number of pyridine rings is 1. The van der Waals surface area contributed by atoms with Crippen molar-refractivity contribution in [1.29, 1.82) is 0 Å². The van der Waals surface area contributed by atoms with Crippen LogP contribution in [0.2, 0.25) is 5.02 Å². The number of rotatable bonds is 2. The molecule has 1 aliphatic rings. The lowest BCUT2D eigenvalue weighted by Crippen LogP contribution is -2.30. The van der Waals surface area contributed by atoms with E-state index in [1.54, 1.807) is 11.3 Å². The van der Waals surface area contributed by atoms with E-state index in [4.69, 9.17) is 11.6 Å². The first kappa shape index (κ1) is 15.3. The molecule has 23 heavy (non-hydrogen) atoms. The summed E-state index contributed by atoms with van der Waals surface area (Å²) in [6.45, 7) is 0.963. The summed E-state index contributed by atoms with van der Waals surface area (Å²) in [4.78, 5) is 5.34. The molecule has 1 N–H and O–H groups in total. The number of hydrogen-bond donors (Lipinski definition) is 1. The molecule has 0 fully saturated rings. The molecule has 0 spiro atoms. The highest BCUT2D eigenvalue weighted by molar-refractivity contribution is 9.11. The van der Waals surface area contributed by atoms with E-state index >= 15 is 0 Å². The molecule has 3 heterocycles. The van der Waals surface area contributed by atoms with Crippen LogP contribution in [0.4, 0.5) is 0 Å². The van der Waals surface area contributed by atoms with Gasteiger partial charge in [0.1, 0.15) is 0 Å². The van der Waals surface area contributed by atoms with Gasteiger partial charge < -0.3 is 5.32 Å². The van der Waals surface area contributed by atoms with Gasteiger partial charge in [-0.05, 0) is 74.9 Å². The van der Waals surface area contributed by atoms with Crippen LogP contribution in [-0.2, 0) is 6.42 Å². The van der Waals surface area contributed by atoms with Gasteiger partial charge in [-0.15, -0.1) is 11.3 Å². The standard InChI is InChI=1S/C18H14BrClN2S/c19-18-15(10-16(23-18)11-3-6-21-7-4-11)17-14-2-1-13(20)9-12(14)5-8-22-17/h1-4,6-7,9-10,17,22H,5,8H2. The summed E-state index contributed by atoms with van der Waals surface area (Å²) in [6, 6.07) is 12.8. The average molecular weight is 406 g/mol. The zero-order valence-electron chi connectivity index (χ0n) is 12.2. The second-order valence-electron chi connectivity index (χ2n) is 5.56. The fraction of sp³-hybridized carbons (Fsp3) is 0.167. The van der Waals surface area contributed by atoms with Crippen LogP contribution in [0.5, 0.6) is 0 Å². The topological polar surface area (TPSA) is 24.9 Å². The van der Waals surface area contributed by atoms with Gasteiger partial charge in [-0.25, -0.2) is 0 Å². The molecule has 116 valence electrons. The molecule has 0 radical (unpaired) electrons. The van der Waals surface area contributed by atoms with E-state index in [0.717, 1.165) is 18.0 Å². The highest BCUT2D eigenvalue weighted by Gasteiger charge is 2.25. The molecule has 2 nitrogen and oxygen atoms in total. The highest BCUT2D eigenvalue weighted by Crippen LogP contribution is 2.41. The van der Waals surface area contributed by atoms with Crippen LogP contribution in [0.1, 0.15) is 22.7 Å². The number of benzene rings is 1. The largest absolute Gasteiger partial charge is 0.306 e. The molecule has 1 atom stereocenters. The zero-order valence-corrected chi connectivity index (χ0v) is 15.4. The Morgan fingerprint density at radius 3 is 2.78 bits per heavy atom. The lowest BCUT2D eigenvalue weighted by Gasteiger charge is -2.27. The first-order valence-corrected chi connectivity index (χ1v) is 9.42. The fourth-order valence-electron chi connectivity index (χ4n) is 3.05.